The van der Waals surface area contributed by atoms with E-state index in [1.807, 2.05) is 72.8 Å². The highest BCUT2D eigenvalue weighted by atomic mass is 35.5. The largest absolute Gasteiger partial charge is 0.457 e. The summed E-state index contributed by atoms with van der Waals surface area (Å²) in [7, 11) is 3.25. The van der Waals surface area contributed by atoms with Crippen LogP contribution in [0.1, 0.15) is 0 Å². The minimum absolute atomic E-state index is 0. The van der Waals surface area contributed by atoms with Crippen LogP contribution in [-0.4, -0.2) is 26.0 Å². The Morgan fingerprint density at radius 3 is 1.06 bits per heavy atom. The van der Waals surface area contributed by atoms with Gasteiger partial charge < -0.3 is 31.6 Å². The van der Waals surface area contributed by atoms with Gasteiger partial charge in [-0.3, -0.25) is 9.98 Å². The Morgan fingerprint density at radius 1 is 0.562 bits per heavy atom. The highest BCUT2D eigenvalue weighted by Crippen LogP contribution is 2.28. The third kappa shape index (κ3) is 7.90. The fraction of sp³-hybridized carbons (Fsp3) is 0.0909. The molecule has 0 unspecified atom stereocenters. The maximum absolute atomic E-state index is 5.86. The monoisotopic (exact) mass is 476 g/mol. The van der Waals surface area contributed by atoms with Crippen molar-refractivity contribution in [2.45, 2.75) is 0 Å². The Labute approximate surface area is 199 Å². The molecule has 0 aliphatic rings. The molecule has 0 spiro atoms. The molecule has 0 aliphatic heterocycles. The molecule has 0 aliphatic carbocycles. The van der Waals surface area contributed by atoms with E-state index in [1.165, 1.54) is 0 Å². The molecule has 0 fully saturated rings. The molecule has 0 saturated heterocycles. The van der Waals surface area contributed by atoms with Gasteiger partial charge in [0, 0.05) is 25.5 Å². The van der Waals surface area contributed by atoms with Crippen molar-refractivity contribution < 1.29 is 9.47 Å². The van der Waals surface area contributed by atoms with Gasteiger partial charge in [-0.15, -0.1) is 24.8 Å². The number of anilines is 2. The van der Waals surface area contributed by atoms with E-state index in [9.17, 15) is 0 Å². The number of aliphatic imine (C=N–C) groups is 2. The lowest BCUT2D eigenvalue weighted by Crippen LogP contribution is -2.21. The van der Waals surface area contributed by atoms with E-state index in [-0.39, 0.29) is 24.8 Å². The zero-order valence-electron chi connectivity index (χ0n) is 17.6. The summed E-state index contributed by atoms with van der Waals surface area (Å²) in [5.74, 6) is 3.52. The number of hydrogen-bond donors (Lipinski definition) is 4. The molecule has 0 radical (unpaired) electrons. The van der Waals surface area contributed by atoms with Crippen LogP contribution in [0, 0.1) is 0 Å². The second kappa shape index (κ2) is 12.9. The molecule has 0 amide bonds. The first-order chi connectivity index (χ1) is 14.6. The lowest BCUT2D eigenvalue weighted by Gasteiger charge is -2.10. The van der Waals surface area contributed by atoms with Crippen LogP contribution in [-0.2, 0) is 0 Å². The Balaban J connectivity index is 0.00000256. The lowest BCUT2D eigenvalue weighted by molar-refractivity contribution is 0.469. The standard InChI is InChI=1S/C22H24N6O2.2ClH/c1-25-21(23)27-15-3-7-17(8-4-15)29-19-11-13-20(14-12-19)30-18-9-5-16(6-10-18)28-22(24)26-2;;/h3-14H,1-2H3,(H3,23,25,27)(H3,24,26,28);2*1H. The molecule has 3 aromatic rings. The molecular formula is C22H26Cl2N6O2. The van der Waals surface area contributed by atoms with Crippen molar-refractivity contribution >= 4 is 48.1 Å². The predicted octanol–water partition coefficient (Wildman–Crippen LogP) is 4.83. The van der Waals surface area contributed by atoms with Crippen molar-refractivity contribution in [2.24, 2.45) is 21.5 Å². The van der Waals surface area contributed by atoms with Crippen LogP contribution < -0.4 is 31.6 Å². The molecule has 10 heteroatoms. The zero-order chi connectivity index (χ0) is 21.3. The maximum atomic E-state index is 5.86. The van der Waals surface area contributed by atoms with Gasteiger partial charge >= 0.3 is 0 Å². The number of nitrogens with two attached hydrogens (primary N) is 2. The highest BCUT2D eigenvalue weighted by molar-refractivity contribution is 5.92. The molecule has 3 aromatic carbocycles. The normalized spacial score (nSPS) is 10.9. The van der Waals surface area contributed by atoms with Crippen LogP contribution in [0.25, 0.3) is 0 Å². The average Bonchev–Trinajstić information content (AvgIpc) is 2.77. The third-order valence-electron chi connectivity index (χ3n) is 4.03. The number of benzene rings is 3. The Hall–Kier alpha value is -3.62. The van der Waals surface area contributed by atoms with Gasteiger partial charge in [0.25, 0.3) is 0 Å². The Bertz CT molecular complexity index is 939. The van der Waals surface area contributed by atoms with Crippen molar-refractivity contribution in [3.8, 4) is 23.0 Å². The van der Waals surface area contributed by atoms with Crippen molar-refractivity contribution in [3.05, 3.63) is 72.8 Å². The van der Waals surface area contributed by atoms with Gasteiger partial charge in [-0.05, 0) is 72.8 Å². The molecule has 170 valence electrons. The number of ether oxygens (including phenoxy) is 2. The van der Waals surface area contributed by atoms with Gasteiger partial charge in [-0.1, -0.05) is 0 Å². The van der Waals surface area contributed by atoms with E-state index in [2.05, 4.69) is 20.6 Å². The van der Waals surface area contributed by atoms with Crippen molar-refractivity contribution in [1.82, 2.24) is 0 Å². The Kier molecular flexibility index (Phi) is 10.7. The van der Waals surface area contributed by atoms with Gasteiger partial charge in [0.2, 0.25) is 0 Å². The van der Waals surface area contributed by atoms with Crippen molar-refractivity contribution in [3.63, 3.8) is 0 Å². The minimum Gasteiger partial charge on any atom is -0.457 e. The SMILES string of the molecule is CN=C(N)Nc1ccc(Oc2ccc(Oc3ccc(NC(N)=NC)cc3)cc2)cc1.Cl.Cl. The summed E-state index contributed by atoms with van der Waals surface area (Å²) in [5, 5.41) is 5.94. The van der Waals surface area contributed by atoms with E-state index < -0.39 is 0 Å². The summed E-state index contributed by atoms with van der Waals surface area (Å²) in [6, 6.07) is 22.2. The second-order valence-electron chi connectivity index (χ2n) is 6.19. The number of halogens is 2. The quantitative estimate of drug-likeness (QED) is 0.298. The minimum atomic E-state index is 0. The number of guanidine groups is 2. The number of nitrogens with one attached hydrogen (secondary N) is 2. The fourth-order valence-electron chi connectivity index (χ4n) is 2.47. The zero-order valence-corrected chi connectivity index (χ0v) is 19.2. The van der Waals surface area contributed by atoms with Gasteiger partial charge in [0.05, 0.1) is 0 Å². The third-order valence-corrected chi connectivity index (χ3v) is 4.03. The second-order valence-corrected chi connectivity index (χ2v) is 6.19. The van der Waals surface area contributed by atoms with Crippen molar-refractivity contribution in [1.29, 1.82) is 0 Å². The first kappa shape index (κ1) is 26.4. The molecule has 0 bridgehead atoms. The van der Waals surface area contributed by atoms with Gasteiger partial charge in [0.15, 0.2) is 11.9 Å². The van der Waals surface area contributed by atoms with Crippen LogP contribution >= 0.6 is 24.8 Å². The molecular weight excluding hydrogens is 451 g/mol. The first-order valence-electron chi connectivity index (χ1n) is 9.20. The van der Waals surface area contributed by atoms with Gasteiger partial charge in [-0.2, -0.15) is 0 Å². The lowest BCUT2D eigenvalue weighted by atomic mass is 10.3. The molecule has 0 heterocycles. The molecule has 0 atom stereocenters. The van der Waals surface area contributed by atoms with Gasteiger partial charge in [0.1, 0.15) is 23.0 Å². The number of nitrogens with zero attached hydrogens (tertiary/aromatic N) is 2. The van der Waals surface area contributed by atoms with E-state index in [4.69, 9.17) is 20.9 Å². The van der Waals surface area contributed by atoms with Crippen LogP contribution in [0.5, 0.6) is 23.0 Å². The summed E-state index contributed by atoms with van der Waals surface area (Å²) in [6.07, 6.45) is 0. The summed E-state index contributed by atoms with van der Waals surface area (Å²) in [6.45, 7) is 0. The van der Waals surface area contributed by atoms with Crippen LogP contribution in [0.4, 0.5) is 11.4 Å². The van der Waals surface area contributed by atoms with E-state index in [0.29, 0.717) is 34.9 Å². The molecule has 3 rings (SSSR count). The molecule has 32 heavy (non-hydrogen) atoms. The van der Waals surface area contributed by atoms with E-state index in [1.54, 1.807) is 14.1 Å². The summed E-state index contributed by atoms with van der Waals surface area (Å²) < 4.78 is 11.7. The smallest absolute Gasteiger partial charge is 0.192 e. The Morgan fingerprint density at radius 2 is 0.812 bits per heavy atom. The number of rotatable bonds is 6. The summed E-state index contributed by atoms with van der Waals surface area (Å²) in [4.78, 5) is 7.72. The first-order valence-corrected chi connectivity index (χ1v) is 9.20. The van der Waals surface area contributed by atoms with Gasteiger partial charge in [-0.25, -0.2) is 0 Å². The van der Waals surface area contributed by atoms with Crippen LogP contribution in [0.3, 0.4) is 0 Å². The summed E-state index contributed by atoms with van der Waals surface area (Å²) >= 11 is 0. The van der Waals surface area contributed by atoms with Crippen molar-refractivity contribution in [2.75, 3.05) is 24.7 Å². The van der Waals surface area contributed by atoms with Crippen LogP contribution in [0.2, 0.25) is 0 Å². The molecule has 0 saturated carbocycles. The topological polar surface area (TPSA) is 119 Å². The highest BCUT2D eigenvalue weighted by Gasteiger charge is 2.02. The van der Waals surface area contributed by atoms with Crippen LogP contribution in [0.15, 0.2) is 82.8 Å². The number of hydrogen-bond acceptors (Lipinski definition) is 4. The molecule has 0 aromatic heterocycles. The van der Waals surface area contributed by atoms with E-state index in [0.717, 1.165) is 11.4 Å². The predicted molar refractivity (Wildman–Crippen MR) is 136 cm³/mol. The molecule has 8 nitrogen and oxygen atoms in total. The van der Waals surface area contributed by atoms with E-state index >= 15 is 0 Å². The fourth-order valence-corrected chi connectivity index (χ4v) is 2.47. The molecule has 6 N–H and O–H groups in total. The average molecular weight is 477 g/mol. The maximum Gasteiger partial charge on any atom is 0.192 e. The summed E-state index contributed by atoms with van der Waals surface area (Å²) in [5.41, 5.74) is 13.0.